The summed E-state index contributed by atoms with van der Waals surface area (Å²) in [6.45, 7) is -2.02. The van der Waals surface area contributed by atoms with Gasteiger partial charge in [0.2, 0.25) is 0 Å². The first-order valence-electron chi connectivity index (χ1n) is 11.3. The summed E-state index contributed by atoms with van der Waals surface area (Å²) in [5, 5.41) is 1.79. The molecule has 0 bridgehead atoms. The fourth-order valence-electron chi connectivity index (χ4n) is 3.08. The summed E-state index contributed by atoms with van der Waals surface area (Å²) in [6, 6.07) is 0. The van der Waals surface area contributed by atoms with Crippen LogP contribution in [0.1, 0.15) is 32.1 Å². The minimum atomic E-state index is -8.80. The maximum Gasteiger partial charge on any atom is 0.460 e. The predicted molar refractivity (Wildman–Crippen MR) is 97.5 cm³/mol. The second-order valence-electron chi connectivity index (χ2n) is 9.31. The molecule has 0 aromatic carbocycles. The zero-order chi connectivity index (χ0) is 37.7. The molecule has 0 aliphatic heterocycles. The van der Waals surface area contributed by atoms with Crippen molar-refractivity contribution in [1.82, 2.24) is 5.32 Å². The average Bonchev–Trinajstić information content (AvgIpc) is 2.83. The van der Waals surface area contributed by atoms with Crippen molar-refractivity contribution in [2.45, 2.75) is 104 Å². The van der Waals surface area contributed by atoms with Gasteiger partial charge in [-0.1, -0.05) is 0 Å². The van der Waals surface area contributed by atoms with Crippen molar-refractivity contribution < 1.29 is 114 Å². The van der Waals surface area contributed by atoms with Crippen molar-refractivity contribution in [2.24, 2.45) is 0 Å². The van der Waals surface area contributed by atoms with E-state index in [9.17, 15) is 114 Å². The fraction of sp³-hybridized carbons (Fsp3) is 1.00. The number of halogens is 26. The molecule has 0 heterocycles. The highest BCUT2D eigenvalue weighted by atomic mass is 19.4. The van der Waals surface area contributed by atoms with Gasteiger partial charge in [-0.3, -0.25) is 0 Å². The van der Waals surface area contributed by atoms with E-state index >= 15 is 0 Å². The van der Waals surface area contributed by atoms with E-state index in [0.717, 1.165) is 0 Å². The van der Waals surface area contributed by atoms with Crippen LogP contribution in [0.2, 0.25) is 0 Å². The lowest BCUT2D eigenvalue weighted by atomic mass is 9.88. The largest absolute Gasteiger partial charge is 0.460 e. The molecule has 278 valence electrons. The normalized spacial score (nSPS) is 16.3. The zero-order valence-corrected chi connectivity index (χ0v) is 21.3. The molecule has 27 heteroatoms. The van der Waals surface area contributed by atoms with Crippen LogP contribution in [-0.2, 0) is 0 Å². The van der Waals surface area contributed by atoms with E-state index in [1.54, 1.807) is 5.32 Å². The Hall–Kier alpha value is -1.86. The summed E-state index contributed by atoms with van der Waals surface area (Å²) in [4.78, 5) is 0. The van der Waals surface area contributed by atoms with Gasteiger partial charge in [-0.05, 0) is 32.4 Å². The van der Waals surface area contributed by atoms with Crippen LogP contribution >= 0.6 is 0 Å². The third-order valence-electron chi connectivity index (χ3n) is 5.94. The molecule has 0 unspecified atom stereocenters. The van der Waals surface area contributed by atoms with Crippen LogP contribution in [-0.4, -0.2) is 84.7 Å². The van der Waals surface area contributed by atoms with Crippen molar-refractivity contribution in [3.8, 4) is 0 Å². The molecule has 0 aromatic heterocycles. The smallest absolute Gasteiger partial charge is 0.317 e. The molecule has 0 rings (SSSR count). The average molecular weight is 751 g/mol. The van der Waals surface area contributed by atoms with Gasteiger partial charge in [-0.2, -0.15) is 114 Å². The van der Waals surface area contributed by atoms with Crippen LogP contribution in [0.5, 0.6) is 0 Å². The molecule has 46 heavy (non-hydrogen) atoms. The maximum absolute atomic E-state index is 13.7. The van der Waals surface area contributed by atoms with Crippen molar-refractivity contribution in [2.75, 3.05) is 13.1 Å². The fourth-order valence-corrected chi connectivity index (χ4v) is 3.08. The van der Waals surface area contributed by atoms with Gasteiger partial charge in [0.15, 0.2) is 0 Å². The summed E-state index contributed by atoms with van der Waals surface area (Å²) in [6.07, 6.45) is -24.3. The van der Waals surface area contributed by atoms with Gasteiger partial charge in [-0.15, -0.1) is 0 Å². The Kier molecular flexibility index (Phi) is 12.0. The molecule has 0 radical (unpaired) electrons. The number of alkyl halides is 26. The monoisotopic (exact) mass is 751 g/mol. The zero-order valence-electron chi connectivity index (χ0n) is 21.3. The minimum absolute atomic E-state index is 0.953. The number of hydrogen-bond acceptors (Lipinski definition) is 1. The highest BCUT2D eigenvalue weighted by Crippen LogP contribution is 2.64. The summed E-state index contributed by atoms with van der Waals surface area (Å²) < 4.78 is 338. The number of unbranched alkanes of at least 4 members (excludes halogenated alkanes) is 1. The highest BCUT2D eigenvalue weighted by Gasteiger charge is 2.95. The summed E-state index contributed by atoms with van der Waals surface area (Å²) in [5.74, 6) is -77.8. The van der Waals surface area contributed by atoms with E-state index in [4.69, 9.17) is 0 Å². The van der Waals surface area contributed by atoms with Gasteiger partial charge < -0.3 is 5.32 Å². The van der Waals surface area contributed by atoms with Gasteiger partial charge in [0.25, 0.3) is 0 Å². The van der Waals surface area contributed by atoms with Gasteiger partial charge in [0, 0.05) is 12.8 Å². The minimum Gasteiger partial charge on any atom is -0.317 e. The lowest BCUT2D eigenvalue weighted by molar-refractivity contribution is -0.461. The molecule has 1 nitrogen and oxygen atoms in total. The second kappa shape index (κ2) is 12.5. The van der Waals surface area contributed by atoms with E-state index in [2.05, 4.69) is 0 Å². The molecular weight excluding hydrogens is 736 g/mol. The Morgan fingerprint density at radius 1 is 0.261 bits per heavy atom. The SMILES string of the molecule is FC(F)(F)C(F)(F)C(F)(F)C(F)(F)CCCNCCCCC(F)(F)C(F)(F)C(F)(F)C(F)(F)C(F)(F)C(F)(F)C(F)(F)C(F)(F)F. The van der Waals surface area contributed by atoms with Crippen molar-refractivity contribution in [3.05, 3.63) is 0 Å². The molecule has 0 aromatic rings. The molecule has 0 atom stereocenters. The lowest BCUT2D eigenvalue weighted by Crippen LogP contribution is -2.74. The van der Waals surface area contributed by atoms with Crippen LogP contribution in [0.15, 0.2) is 0 Å². The second-order valence-corrected chi connectivity index (χ2v) is 9.31. The first-order valence-corrected chi connectivity index (χ1v) is 11.3. The van der Waals surface area contributed by atoms with E-state index in [1.807, 2.05) is 0 Å². The van der Waals surface area contributed by atoms with Gasteiger partial charge in [0.05, 0.1) is 0 Å². The third kappa shape index (κ3) is 6.97. The molecule has 0 aliphatic carbocycles. The Morgan fingerprint density at radius 2 is 0.500 bits per heavy atom. The van der Waals surface area contributed by atoms with Crippen LogP contribution in [0.3, 0.4) is 0 Å². The van der Waals surface area contributed by atoms with Crippen molar-refractivity contribution in [3.63, 3.8) is 0 Å². The van der Waals surface area contributed by atoms with Crippen LogP contribution in [0.4, 0.5) is 114 Å². The van der Waals surface area contributed by atoms with Gasteiger partial charge in [-0.25, -0.2) is 0 Å². The number of rotatable bonds is 17. The van der Waals surface area contributed by atoms with Crippen molar-refractivity contribution in [1.29, 1.82) is 0 Å². The summed E-state index contributed by atoms with van der Waals surface area (Å²) in [7, 11) is 0. The van der Waals surface area contributed by atoms with Crippen LogP contribution < -0.4 is 5.32 Å². The topological polar surface area (TPSA) is 12.0 Å². The lowest BCUT2D eigenvalue weighted by Gasteiger charge is -2.42. The summed E-state index contributed by atoms with van der Waals surface area (Å²) in [5.41, 5.74) is 0. The third-order valence-corrected chi connectivity index (χ3v) is 5.94. The maximum atomic E-state index is 13.7. The van der Waals surface area contributed by atoms with E-state index in [-0.39, 0.29) is 0 Å². The van der Waals surface area contributed by atoms with Crippen molar-refractivity contribution >= 4 is 0 Å². The molecule has 0 saturated heterocycles. The first kappa shape index (κ1) is 44.1. The molecule has 0 spiro atoms. The van der Waals surface area contributed by atoms with Gasteiger partial charge in [0.1, 0.15) is 0 Å². The van der Waals surface area contributed by atoms with Gasteiger partial charge >= 0.3 is 71.6 Å². The standard InChI is InChI=1S/C19H15F26N/c20-8(21,4-1-2-6-46-7-3-5-9(22,23)11(26,27)16(36,37)18(40,41)42)10(24,25)12(28,29)13(30,31)14(32,33)15(34,35)17(38,39)19(43,44)45/h46H,1-7H2. The first-order chi connectivity index (χ1) is 19.7. The Bertz CT molecular complexity index is 1000. The molecule has 0 aliphatic rings. The predicted octanol–water partition coefficient (Wildman–Crippen LogP) is 10.0. The Balaban J connectivity index is 5.48. The quantitative estimate of drug-likeness (QED) is 0.115. The van der Waals surface area contributed by atoms with E-state index in [0.29, 0.717) is 0 Å². The van der Waals surface area contributed by atoms with Crippen LogP contribution in [0.25, 0.3) is 0 Å². The molecule has 1 N–H and O–H groups in total. The van der Waals surface area contributed by atoms with E-state index in [1.165, 1.54) is 0 Å². The van der Waals surface area contributed by atoms with E-state index < -0.39 is 117 Å². The highest BCUT2D eigenvalue weighted by molar-refractivity contribution is 5.15. The van der Waals surface area contributed by atoms with Crippen LogP contribution in [0, 0.1) is 0 Å². The Labute approximate surface area is 237 Å². The number of nitrogens with one attached hydrogen (secondary N) is 1. The summed E-state index contributed by atoms with van der Waals surface area (Å²) >= 11 is 0. The molecular formula is C19H15F26N. The molecule has 0 fully saturated rings. The number of hydrogen-bond donors (Lipinski definition) is 1. The Morgan fingerprint density at radius 3 is 0.848 bits per heavy atom. The molecule has 0 saturated carbocycles. The molecule has 0 amide bonds.